The summed E-state index contributed by atoms with van der Waals surface area (Å²) < 4.78 is 16.0. The Morgan fingerprint density at radius 1 is 1.40 bits per heavy atom. The SMILES string of the molecule is Cc1noc(C(C)C)c1C(=O)N1CCOC[C@H]1CC(=O)c1ccco1. The predicted octanol–water partition coefficient (Wildman–Crippen LogP) is 2.81. The maximum absolute atomic E-state index is 13.1. The fraction of sp³-hybridized carbons (Fsp3) is 0.500. The van der Waals surface area contributed by atoms with Gasteiger partial charge in [-0.15, -0.1) is 0 Å². The average molecular weight is 346 g/mol. The summed E-state index contributed by atoms with van der Waals surface area (Å²) in [5, 5.41) is 3.94. The van der Waals surface area contributed by atoms with Crippen molar-refractivity contribution in [3.63, 3.8) is 0 Å². The smallest absolute Gasteiger partial charge is 0.259 e. The van der Waals surface area contributed by atoms with Crippen LogP contribution >= 0.6 is 0 Å². The molecule has 1 aliphatic rings. The van der Waals surface area contributed by atoms with Crippen molar-refractivity contribution >= 4 is 11.7 Å². The number of amides is 1. The first-order valence-electron chi connectivity index (χ1n) is 8.40. The van der Waals surface area contributed by atoms with Crippen LogP contribution in [0.1, 0.15) is 58.6 Å². The molecule has 2 aromatic rings. The standard InChI is InChI=1S/C18H22N2O5/c1-11(2)17-16(12(3)19-25-17)18(22)20-6-8-23-10-13(20)9-14(21)15-5-4-7-24-15/h4-5,7,11,13H,6,8-10H2,1-3H3/t13-/m1/s1. The molecule has 0 radical (unpaired) electrons. The quantitative estimate of drug-likeness (QED) is 0.774. The molecule has 1 amide bonds. The molecule has 0 N–H and O–H groups in total. The molecule has 0 aromatic carbocycles. The first-order chi connectivity index (χ1) is 12.0. The number of ether oxygens (including phenoxy) is 1. The highest BCUT2D eigenvalue weighted by Crippen LogP contribution is 2.26. The summed E-state index contributed by atoms with van der Waals surface area (Å²) in [6, 6.07) is 2.95. The number of ketones is 1. The normalized spacial score (nSPS) is 17.9. The van der Waals surface area contributed by atoms with E-state index in [4.69, 9.17) is 13.7 Å². The molecule has 0 spiro atoms. The minimum atomic E-state index is -0.340. The van der Waals surface area contributed by atoms with E-state index in [-0.39, 0.29) is 30.1 Å². The lowest BCUT2D eigenvalue weighted by Gasteiger charge is -2.35. The number of carbonyl (C=O) groups excluding carboxylic acids is 2. The molecule has 134 valence electrons. The number of carbonyl (C=O) groups is 2. The summed E-state index contributed by atoms with van der Waals surface area (Å²) in [6.07, 6.45) is 1.61. The van der Waals surface area contributed by atoms with Gasteiger partial charge in [0.1, 0.15) is 5.56 Å². The van der Waals surface area contributed by atoms with E-state index in [1.165, 1.54) is 6.26 Å². The number of aryl methyl sites for hydroxylation is 1. The number of hydrogen-bond acceptors (Lipinski definition) is 6. The third kappa shape index (κ3) is 3.51. The third-order valence-electron chi connectivity index (χ3n) is 4.33. The van der Waals surface area contributed by atoms with Crippen molar-refractivity contribution < 1.29 is 23.3 Å². The van der Waals surface area contributed by atoms with Crippen LogP contribution in [-0.2, 0) is 4.74 Å². The molecule has 3 heterocycles. The number of aromatic nitrogens is 1. The Morgan fingerprint density at radius 2 is 2.20 bits per heavy atom. The van der Waals surface area contributed by atoms with Crippen molar-refractivity contribution in [1.82, 2.24) is 10.1 Å². The van der Waals surface area contributed by atoms with E-state index in [0.29, 0.717) is 42.5 Å². The number of Topliss-reactive ketones (excluding diaryl/α,β-unsaturated/α-hetero) is 1. The van der Waals surface area contributed by atoms with Crippen molar-refractivity contribution in [2.45, 2.75) is 39.2 Å². The van der Waals surface area contributed by atoms with Crippen LogP contribution in [0.15, 0.2) is 27.3 Å². The molecule has 1 fully saturated rings. The Hall–Kier alpha value is -2.41. The predicted molar refractivity (Wildman–Crippen MR) is 88.6 cm³/mol. The molecular formula is C18H22N2O5. The zero-order valence-electron chi connectivity index (χ0n) is 14.7. The zero-order valence-corrected chi connectivity index (χ0v) is 14.7. The third-order valence-corrected chi connectivity index (χ3v) is 4.33. The first kappa shape index (κ1) is 17.4. The monoisotopic (exact) mass is 346 g/mol. The van der Waals surface area contributed by atoms with Crippen molar-refractivity contribution in [2.24, 2.45) is 0 Å². The fourth-order valence-corrected chi connectivity index (χ4v) is 3.03. The van der Waals surface area contributed by atoms with E-state index in [1.807, 2.05) is 13.8 Å². The molecule has 7 nitrogen and oxygen atoms in total. The maximum Gasteiger partial charge on any atom is 0.259 e. The van der Waals surface area contributed by atoms with Gasteiger partial charge in [-0.2, -0.15) is 0 Å². The van der Waals surface area contributed by atoms with Gasteiger partial charge in [-0.05, 0) is 19.1 Å². The van der Waals surface area contributed by atoms with Crippen LogP contribution in [0.25, 0.3) is 0 Å². The van der Waals surface area contributed by atoms with Crippen LogP contribution in [0.3, 0.4) is 0 Å². The molecule has 1 aliphatic heterocycles. The molecule has 2 aromatic heterocycles. The molecule has 0 aliphatic carbocycles. The Kier molecular flexibility index (Phi) is 5.03. The Morgan fingerprint density at radius 3 is 2.88 bits per heavy atom. The maximum atomic E-state index is 13.1. The van der Waals surface area contributed by atoms with Gasteiger partial charge in [0.05, 0.1) is 31.2 Å². The number of furan rings is 1. The topological polar surface area (TPSA) is 85.8 Å². The van der Waals surface area contributed by atoms with Gasteiger partial charge >= 0.3 is 0 Å². The van der Waals surface area contributed by atoms with E-state index in [9.17, 15) is 9.59 Å². The van der Waals surface area contributed by atoms with Crippen molar-refractivity contribution in [1.29, 1.82) is 0 Å². The van der Waals surface area contributed by atoms with Crippen LogP contribution in [0.2, 0.25) is 0 Å². The molecule has 0 unspecified atom stereocenters. The van der Waals surface area contributed by atoms with Crippen molar-refractivity contribution in [3.05, 3.63) is 41.2 Å². The van der Waals surface area contributed by atoms with E-state index >= 15 is 0 Å². The lowest BCUT2D eigenvalue weighted by molar-refractivity contribution is -0.00319. The second-order valence-corrected chi connectivity index (χ2v) is 6.49. The van der Waals surface area contributed by atoms with Crippen molar-refractivity contribution in [2.75, 3.05) is 19.8 Å². The van der Waals surface area contributed by atoms with Gasteiger partial charge in [0, 0.05) is 18.9 Å². The molecular weight excluding hydrogens is 324 g/mol. The van der Waals surface area contributed by atoms with Gasteiger partial charge in [-0.3, -0.25) is 9.59 Å². The highest BCUT2D eigenvalue weighted by molar-refractivity contribution is 5.98. The number of morpholine rings is 1. The Bertz CT molecular complexity index is 748. The van der Waals surface area contributed by atoms with Gasteiger partial charge in [0.15, 0.2) is 17.3 Å². The minimum absolute atomic E-state index is 0.0457. The van der Waals surface area contributed by atoms with Gasteiger partial charge in [0.2, 0.25) is 0 Å². The molecule has 25 heavy (non-hydrogen) atoms. The first-order valence-corrected chi connectivity index (χ1v) is 8.40. The van der Waals surface area contributed by atoms with Crippen LogP contribution < -0.4 is 0 Å². The van der Waals surface area contributed by atoms with Crippen molar-refractivity contribution in [3.8, 4) is 0 Å². The molecule has 1 atom stereocenters. The van der Waals surface area contributed by atoms with Gasteiger partial charge < -0.3 is 18.6 Å². The second kappa shape index (κ2) is 7.23. The van der Waals surface area contributed by atoms with E-state index in [2.05, 4.69) is 5.16 Å². The lowest BCUT2D eigenvalue weighted by atomic mass is 10.0. The van der Waals surface area contributed by atoms with E-state index < -0.39 is 0 Å². The summed E-state index contributed by atoms with van der Waals surface area (Å²) >= 11 is 0. The molecule has 0 bridgehead atoms. The van der Waals surface area contributed by atoms with Crippen LogP contribution in [0, 0.1) is 6.92 Å². The summed E-state index contributed by atoms with van der Waals surface area (Å²) in [5.74, 6) is 0.601. The molecule has 3 rings (SSSR count). The Labute approximate surface area is 145 Å². The molecule has 7 heteroatoms. The fourth-order valence-electron chi connectivity index (χ4n) is 3.03. The van der Waals surface area contributed by atoms with Crippen LogP contribution in [-0.4, -0.2) is 47.5 Å². The van der Waals surface area contributed by atoms with Gasteiger partial charge in [-0.25, -0.2) is 0 Å². The average Bonchev–Trinajstić information content (AvgIpc) is 3.24. The van der Waals surface area contributed by atoms with Crippen LogP contribution in [0.5, 0.6) is 0 Å². The summed E-state index contributed by atoms with van der Waals surface area (Å²) in [4.78, 5) is 27.2. The summed E-state index contributed by atoms with van der Waals surface area (Å²) in [6.45, 7) is 6.85. The number of nitrogens with zero attached hydrogens (tertiary/aromatic N) is 2. The second-order valence-electron chi connectivity index (χ2n) is 6.49. The van der Waals surface area contributed by atoms with Crippen LogP contribution in [0.4, 0.5) is 0 Å². The highest BCUT2D eigenvalue weighted by atomic mass is 16.5. The molecule has 1 saturated heterocycles. The lowest BCUT2D eigenvalue weighted by Crippen LogP contribution is -2.49. The Balaban J connectivity index is 1.82. The zero-order chi connectivity index (χ0) is 18.0. The molecule has 0 saturated carbocycles. The van der Waals surface area contributed by atoms with E-state index in [1.54, 1.807) is 24.0 Å². The number of hydrogen-bond donors (Lipinski definition) is 0. The number of rotatable bonds is 5. The van der Waals surface area contributed by atoms with Gasteiger partial charge in [-0.1, -0.05) is 19.0 Å². The summed E-state index contributed by atoms with van der Waals surface area (Å²) in [5.41, 5.74) is 1.06. The minimum Gasteiger partial charge on any atom is -0.461 e. The highest BCUT2D eigenvalue weighted by Gasteiger charge is 2.34. The van der Waals surface area contributed by atoms with Gasteiger partial charge in [0.25, 0.3) is 5.91 Å². The largest absolute Gasteiger partial charge is 0.461 e. The summed E-state index contributed by atoms with van der Waals surface area (Å²) in [7, 11) is 0. The van der Waals surface area contributed by atoms with E-state index in [0.717, 1.165) is 0 Å².